The van der Waals surface area contributed by atoms with Crippen LogP contribution >= 0.6 is 0 Å². The molecule has 11 rings (SSSR count). The van der Waals surface area contributed by atoms with Crippen LogP contribution in [0.25, 0.3) is 32.7 Å². The maximum Gasteiger partial charge on any atom is 0.196 e. The Bertz CT molecular complexity index is 3260. The van der Waals surface area contributed by atoms with Crippen molar-refractivity contribution in [1.29, 1.82) is 0 Å². The number of allylic oxidation sites excluding steroid dienone is 4. The van der Waals surface area contributed by atoms with Crippen LogP contribution in [0.2, 0.25) is 0 Å². The van der Waals surface area contributed by atoms with E-state index in [-0.39, 0.29) is 38.0 Å². The number of ketones is 2. The van der Waals surface area contributed by atoms with Crippen molar-refractivity contribution in [3.05, 3.63) is 204 Å². The third-order valence-corrected chi connectivity index (χ3v) is 12.4. The summed E-state index contributed by atoms with van der Waals surface area (Å²) in [5.41, 5.74) is 7.89. The molecule has 8 aromatic rings. The van der Waals surface area contributed by atoms with E-state index in [0.717, 1.165) is 32.7 Å². The molecule has 0 radical (unpaired) electrons. The zero-order chi connectivity index (χ0) is 48.1. The molecule has 0 amide bonds. The molecule has 3 aliphatic heterocycles. The Morgan fingerprint density at radius 3 is 1.27 bits per heavy atom. The monoisotopic (exact) mass is 922 g/mol. The Balaban J connectivity index is 1.12. The zero-order valence-electron chi connectivity index (χ0n) is 39.3. The topological polar surface area (TPSA) is 120 Å². The number of hydrogen-bond donors (Lipinski definition) is 2. The first kappa shape index (κ1) is 45.0. The summed E-state index contributed by atoms with van der Waals surface area (Å²) in [4.78, 5) is 40.0. The second-order valence-corrected chi connectivity index (χ2v) is 17.1. The van der Waals surface area contributed by atoms with Gasteiger partial charge in [-0.05, 0) is 110 Å². The number of anilines is 2. The predicted molar refractivity (Wildman–Crippen MR) is 281 cm³/mol. The number of ether oxygens (including phenoxy) is 4. The molecule has 3 aliphatic rings. The molecule has 70 heavy (non-hydrogen) atoms. The molecule has 2 N–H and O–H groups in total. The average molecular weight is 923 g/mol. The van der Waals surface area contributed by atoms with E-state index in [2.05, 4.69) is 47.0 Å². The van der Waals surface area contributed by atoms with Crippen LogP contribution in [-0.4, -0.2) is 49.4 Å². The van der Waals surface area contributed by atoms with E-state index < -0.39 is 0 Å². The molecule has 0 aliphatic carbocycles. The molecular formula is C60H50N4O6. The second-order valence-electron chi connectivity index (χ2n) is 17.1. The highest BCUT2D eigenvalue weighted by molar-refractivity contribution is 6.30. The van der Waals surface area contributed by atoms with Gasteiger partial charge in [0.1, 0.15) is 49.4 Å². The van der Waals surface area contributed by atoms with Crippen LogP contribution in [0.5, 0.6) is 23.0 Å². The molecule has 346 valence electrons. The van der Waals surface area contributed by atoms with Gasteiger partial charge in [-0.15, -0.1) is 0 Å². The van der Waals surface area contributed by atoms with Crippen molar-refractivity contribution < 1.29 is 28.5 Å². The highest BCUT2D eigenvalue weighted by atomic mass is 16.5. The number of hydrogen-bond acceptors (Lipinski definition) is 10. The predicted octanol–water partition coefficient (Wildman–Crippen LogP) is 13.9. The van der Waals surface area contributed by atoms with E-state index in [0.29, 0.717) is 90.8 Å². The van der Waals surface area contributed by atoms with E-state index in [1.807, 2.05) is 137 Å². The molecule has 3 heterocycles. The van der Waals surface area contributed by atoms with Crippen LogP contribution in [0.1, 0.15) is 48.4 Å². The maximum atomic E-state index is 14.9. The van der Waals surface area contributed by atoms with E-state index in [9.17, 15) is 9.59 Å². The van der Waals surface area contributed by atoms with Gasteiger partial charge in [0.15, 0.2) is 11.6 Å². The Kier molecular flexibility index (Phi) is 12.8. The van der Waals surface area contributed by atoms with Crippen molar-refractivity contribution in [3.63, 3.8) is 0 Å². The average Bonchev–Trinajstić information content (AvgIpc) is 3.37. The fourth-order valence-corrected chi connectivity index (χ4v) is 9.19. The van der Waals surface area contributed by atoms with Crippen molar-refractivity contribution >= 4 is 67.3 Å². The summed E-state index contributed by atoms with van der Waals surface area (Å²) < 4.78 is 25.9. The van der Waals surface area contributed by atoms with Crippen molar-refractivity contribution in [3.8, 4) is 34.1 Å². The molecule has 0 unspecified atom stereocenters. The van der Waals surface area contributed by atoms with Crippen LogP contribution in [-0.2, 0) is 0 Å². The minimum Gasteiger partial charge on any atom is -0.490 e. The van der Waals surface area contributed by atoms with Crippen molar-refractivity contribution in [2.45, 2.75) is 27.7 Å². The summed E-state index contributed by atoms with van der Waals surface area (Å²) in [5, 5.41) is 11.1. The smallest absolute Gasteiger partial charge is 0.196 e. The fourth-order valence-electron chi connectivity index (χ4n) is 9.19. The van der Waals surface area contributed by atoms with Crippen LogP contribution in [0.4, 0.5) is 22.7 Å². The van der Waals surface area contributed by atoms with Crippen molar-refractivity contribution in [1.82, 2.24) is 0 Å². The van der Waals surface area contributed by atoms with Gasteiger partial charge in [-0.1, -0.05) is 109 Å². The number of nitrogens with zero attached hydrogens (tertiary/aromatic N) is 2. The quantitative estimate of drug-likeness (QED) is 0.154. The number of benzene rings is 8. The first-order valence-corrected chi connectivity index (χ1v) is 23.3. The highest BCUT2D eigenvalue weighted by Crippen LogP contribution is 2.46. The van der Waals surface area contributed by atoms with E-state index in [1.54, 1.807) is 24.3 Å². The van der Waals surface area contributed by atoms with Crippen molar-refractivity contribution in [2.75, 3.05) is 37.1 Å². The number of carbonyl (C=O) groups excluding carboxylic acids is 2. The largest absolute Gasteiger partial charge is 0.490 e. The lowest BCUT2D eigenvalue weighted by Crippen LogP contribution is -2.18. The minimum absolute atomic E-state index is 0.201. The lowest BCUT2D eigenvalue weighted by molar-refractivity contribution is 0.103. The van der Waals surface area contributed by atoms with Crippen LogP contribution in [0, 0.1) is 0 Å². The molecule has 0 saturated heterocycles. The van der Waals surface area contributed by atoms with Gasteiger partial charge in [-0.25, -0.2) is 0 Å². The summed E-state index contributed by atoms with van der Waals surface area (Å²) in [5.74, 6) is 1.86. The Morgan fingerprint density at radius 1 is 0.414 bits per heavy atom. The molecule has 10 nitrogen and oxygen atoms in total. The fraction of sp³-hybridized carbons (Fsp3) is 0.133. The third-order valence-electron chi connectivity index (χ3n) is 12.4. The molecule has 0 fully saturated rings. The summed E-state index contributed by atoms with van der Waals surface area (Å²) in [6.45, 7) is 8.19. The molecule has 10 heteroatoms. The van der Waals surface area contributed by atoms with Gasteiger partial charge in [0.05, 0.1) is 45.3 Å². The molecular weight excluding hydrogens is 873 g/mol. The van der Waals surface area contributed by atoms with E-state index in [1.165, 1.54) is 0 Å². The second kappa shape index (κ2) is 19.8. The SMILES string of the molecule is CC1=Nc2ccccc2N/C(C)=C2/C(=O)c3cccc(c3)OCCOc3ccc4ccccc4c3-c3c(ccc4ccccc34)OCCOc3cccc(c3)C(=O)/C1=C(/C)Nc1ccccc1N=C2C. The van der Waals surface area contributed by atoms with Crippen LogP contribution in [0.15, 0.2) is 202 Å². The standard InChI is InChI=1S/C60H50N4O6/c1-37-55-38(2)62-51-25-11-12-26-52(51)64-40(4)56(39(3)63-50-24-10-9-23-49(50)61-37)60(66)44-18-14-20-46(36-44)68-32-34-70-54-30-28-42-16-6-8-22-48(42)58(54)57-47-21-7-5-15-41(47)27-29-53(57)69-33-31-67-45-19-13-17-43(35-45)59(55)65/h5-30,35-36,61,64H,31-34H2,1-4H3/b55-37-,56-40+,62-38?,63-39?. The van der Waals surface area contributed by atoms with Crippen LogP contribution in [0.3, 0.4) is 0 Å². The molecule has 0 aromatic heterocycles. The van der Waals surface area contributed by atoms with Gasteiger partial charge in [0.2, 0.25) is 0 Å². The van der Waals surface area contributed by atoms with Crippen LogP contribution < -0.4 is 29.6 Å². The Hall–Kier alpha value is -8.76. The first-order chi connectivity index (χ1) is 34.2. The minimum atomic E-state index is -0.250. The maximum absolute atomic E-state index is 14.9. The number of rotatable bonds is 0. The van der Waals surface area contributed by atoms with Gasteiger partial charge in [-0.3, -0.25) is 19.6 Å². The Morgan fingerprint density at radius 2 is 0.814 bits per heavy atom. The lowest BCUT2D eigenvalue weighted by Gasteiger charge is -2.20. The summed E-state index contributed by atoms with van der Waals surface area (Å²) in [7, 11) is 0. The van der Waals surface area contributed by atoms with Gasteiger partial charge in [0.25, 0.3) is 0 Å². The normalized spacial score (nSPS) is 16.9. The number of nitrogens with one attached hydrogen (secondary N) is 2. The molecule has 6 bridgehead atoms. The number of para-hydroxylation sites is 4. The first-order valence-electron chi connectivity index (χ1n) is 23.3. The van der Waals surface area contributed by atoms with Gasteiger partial charge < -0.3 is 29.6 Å². The van der Waals surface area contributed by atoms with E-state index >= 15 is 0 Å². The molecule has 0 atom stereocenters. The molecule has 0 spiro atoms. The van der Waals surface area contributed by atoms with Gasteiger partial charge >= 0.3 is 0 Å². The number of fused-ring (bicyclic) bond motifs is 10. The van der Waals surface area contributed by atoms with E-state index in [4.69, 9.17) is 28.9 Å². The summed E-state index contributed by atoms with van der Waals surface area (Å²) in [6, 6.07) is 54.0. The lowest BCUT2D eigenvalue weighted by atomic mass is 9.92. The summed E-state index contributed by atoms with van der Waals surface area (Å²) >= 11 is 0. The molecule has 0 saturated carbocycles. The number of Topliss-reactive ketones (excluding diaryl/α,β-unsaturated/α-hetero) is 2. The van der Waals surface area contributed by atoms with Crippen molar-refractivity contribution in [2.24, 2.45) is 9.98 Å². The highest BCUT2D eigenvalue weighted by Gasteiger charge is 2.25. The Labute approximate surface area is 406 Å². The number of aliphatic imine (C=N–C) groups is 2. The third kappa shape index (κ3) is 9.27. The zero-order valence-corrected chi connectivity index (χ0v) is 39.3. The number of carbonyl (C=O) groups is 2. The summed E-state index contributed by atoms with van der Waals surface area (Å²) in [6.07, 6.45) is 0. The molecule has 8 aromatic carbocycles. The van der Waals surface area contributed by atoms with Gasteiger partial charge in [-0.2, -0.15) is 0 Å². The van der Waals surface area contributed by atoms with Gasteiger partial charge in [0, 0.05) is 33.6 Å².